The van der Waals surface area contributed by atoms with E-state index in [9.17, 15) is 19.6 Å². The highest BCUT2D eigenvalue weighted by atomic mass is 35.5. The molecule has 2 atom stereocenters. The molecule has 234 valence electrons. The Morgan fingerprint density at radius 1 is 0.956 bits per heavy atom. The molecule has 2 saturated heterocycles. The normalized spacial score (nSPS) is 18.7. The number of carbonyl (C=O) groups is 3. The number of carbonyl (C=O) groups excluding carboxylic acids is 3. The number of halogens is 2. The molecule has 0 radical (unpaired) electrons. The number of hydrogen-bond acceptors (Lipinski definition) is 5. The van der Waals surface area contributed by atoms with Crippen LogP contribution in [0.1, 0.15) is 59.2 Å². The lowest BCUT2D eigenvalue weighted by Crippen LogP contribution is -2.53. The number of amides is 3. The zero-order chi connectivity index (χ0) is 32.1. The molecular weight excluding hydrogens is 611 g/mol. The molecule has 0 aliphatic carbocycles. The van der Waals surface area contributed by atoms with Crippen LogP contribution in [0.2, 0.25) is 10.0 Å². The van der Waals surface area contributed by atoms with E-state index in [0.717, 1.165) is 22.3 Å². The van der Waals surface area contributed by atoms with Crippen LogP contribution in [0.5, 0.6) is 0 Å². The van der Waals surface area contributed by atoms with Crippen LogP contribution in [0.3, 0.4) is 0 Å². The van der Waals surface area contributed by atoms with E-state index in [1.807, 2.05) is 47.4 Å². The minimum atomic E-state index is -0.289. The molecule has 3 aromatic rings. The van der Waals surface area contributed by atoms with Crippen LogP contribution in [-0.2, 0) is 20.9 Å². The van der Waals surface area contributed by atoms with E-state index in [0.29, 0.717) is 66.6 Å². The Morgan fingerprint density at radius 3 is 2.31 bits per heavy atom. The number of nitrogens with zero attached hydrogens (tertiary/aromatic N) is 3. The molecule has 2 fully saturated rings. The second-order valence-electron chi connectivity index (χ2n) is 11.7. The van der Waals surface area contributed by atoms with Crippen molar-refractivity contribution in [1.82, 2.24) is 15.1 Å². The third kappa shape index (κ3) is 7.33. The maximum Gasteiger partial charge on any atom is 0.252 e. The van der Waals surface area contributed by atoms with Crippen molar-refractivity contribution in [3.63, 3.8) is 0 Å². The lowest BCUT2D eigenvalue weighted by Gasteiger charge is -2.41. The fourth-order valence-electron chi connectivity index (χ4n) is 6.45. The number of likely N-dealkylation sites (tertiary alicyclic amines) is 2. The van der Waals surface area contributed by atoms with Gasteiger partial charge in [-0.1, -0.05) is 59.6 Å². The van der Waals surface area contributed by atoms with E-state index in [-0.39, 0.29) is 42.2 Å². The Morgan fingerprint density at radius 2 is 1.67 bits per heavy atom. The highest BCUT2D eigenvalue weighted by Crippen LogP contribution is 2.34. The smallest absolute Gasteiger partial charge is 0.252 e. The summed E-state index contributed by atoms with van der Waals surface area (Å²) in [6.45, 7) is 3.88. The van der Waals surface area contributed by atoms with E-state index in [2.05, 4.69) is 11.4 Å². The molecule has 0 bridgehead atoms. The van der Waals surface area contributed by atoms with Crippen LogP contribution in [-0.4, -0.2) is 66.9 Å². The van der Waals surface area contributed by atoms with Gasteiger partial charge in [-0.25, -0.2) is 0 Å². The summed E-state index contributed by atoms with van der Waals surface area (Å²) in [7, 11) is 1.59. The summed E-state index contributed by atoms with van der Waals surface area (Å²) in [5.74, 6) is -0.495. The number of piperidine rings is 2. The number of nitrogens with one attached hydrogen (secondary N) is 1. The maximum atomic E-state index is 14.2. The first-order valence-corrected chi connectivity index (χ1v) is 15.9. The fourth-order valence-corrected chi connectivity index (χ4v) is 6.76. The molecule has 3 amide bonds. The van der Waals surface area contributed by atoms with Crippen molar-refractivity contribution < 1.29 is 19.1 Å². The Balaban J connectivity index is 1.42. The number of ether oxygens (including phenoxy) is 1. The second-order valence-corrected chi connectivity index (χ2v) is 12.5. The molecule has 10 heteroatoms. The quantitative estimate of drug-likeness (QED) is 0.337. The first-order valence-electron chi connectivity index (χ1n) is 15.1. The van der Waals surface area contributed by atoms with Gasteiger partial charge in [0.05, 0.1) is 33.8 Å². The van der Waals surface area contributed by atoms with Gasteiger partial charge in [-0.3, -0.25) is 14.4 Å². The topological polar surface area (TPSA) is 103 Å². The molecular formula is C35H36Cl2N4O4. The third-order valence-corrected chi connectivity index (χ3v) is 9.64. The Labute approximate surface area is 273 Å². The number of rotatable bonds is 7. The monoisotopic (exact) mass is 646 g/mol. The van der Waals surface area contributed by atoms with E-state index in [1.165, 1.54) is 0 Å². The van der Waals surface area contributed by atoms with Crippen LogP contribution in [0, 0.1) is 17.2 Å². The van der Waals surface area contributed by atoms with Crippen LogP contribution in [0.25, 0.3) is 11.1 Å². The standard InChI is InChI=1S/C35H36Cl2N4O4/c1-22(42)40-15-12-25(13-16-40)35(44)41-17-14-32(29(20-41)26-10-11-30(36)31(37)18-26)39-34(43)33-27(21-45-2)4-3-5-28(33)24-8-6-23(19-38)7-9-24/h3-11,18,25,29,32H,12-17,20-21H2,1-2H3,(H,39,43). The van der Waals surface area contributed by atoms with Crippen molar-refractivity contribution in [2.45, 2.75) is 44.8 Å². The van der Waals surface area contributed by atoms with Gasteiger partial charge in [0.25, 0.3) is 5.91 Å². The third-order valence-electron chi connectivity index (χ3n) is 8.90. The van der Waals surface area contributed by atoms with Gasteiger partial charge in [-0.15, -0.1) is 0 Å². The number of methoxy groups -OCH3 is 1. The number of benzene rings is 3. The zero-order valence-corrected chi connectivity index (χ0v) is 26.9. The molecule has 5 rings (SSSR count). The first-order chi connectivity index (χ1) is 21.7. The Kier molecular flexibility index (Phi) is 10.4. The summed E-state index contributed by atoms with van der Waals surface area (Å²) in [5.41, 5.74) is 4.22. The summed E-state index contributed by atoms with van der Waals surface area (Å²) in [5, 5.41) is 13.4. The maximum absolute atomic E-state index is 14.2. The Bertz CT molecular complexity index is 1610. The van der Waals surface area contributed by atoms with Crippen LogP contribution in [0.15, 0.2) is 60.7 Å². The molecule has 2 heterocycles. The number of hydrogen-bond donors (Lipinski definition) is 1. The van der Waals surface area contributed by atoms with Crippen LogP contribution in [0.4, 0.5) is 0 Å². The highest BCUT2D eigenvalue weighted by molar-refractivity contribution is 6.42. The molecule has 0 spiro atoms. The summed E-state index contributed by atoms with van der Waals surface area (Å²) in [4.78, 5) is 43.4. The fraction of sp³-hybridized carbons (Fsp3) is 0.371. The van der Waals surface area contributed by atoms with E-state index < -0.39 is 0 Å². The van der Waals surface area contributed by atoms with Gasteiger partial charge in [0, 0.05) is 58.1 Å². The van der Waals surface area contributed by atoms with Gasteiger partial charge >= 0.3 is 0 Å². The zero-order valence-electron chi connectivity index (χ0n) is 25.4. The van der Waals surface area contributed by atoms with Crippen molar-refractivity contribution in [3.05, 3.63) is 93.0 Å². The van der Waals surface area contributed by atoms with E-state index >= 15 is 0 Å². The second kappa shape index (κ2) is 14.5. The van der Waals surface area contributed by atoms with Crippen molar-refractivity contribution >= 4 is 40.9 Å². The van der Waals surface area contributed by atoms with Crippen molar-refractivity contribution in [3.8, 4) is 17.2 Å². The van der Waals surface area contributed by atoms with Crippen LogP contribution < -0.4 is 5.32 Å². The lowest BCUT2D eigenvalue weighted by atomic mass is 9.84. The predicted molar refractivity (Wildman–Crippen MR) is 174 cm³/mol. The first kappa shape index (κ1) is 32.5. The van der Waals surface area contributed by atoms with E-state index in [4.69, 9.17) is 27.9 Å². The summed E-state index contributed by atoms with van der Waals surface area (Å²) in [6.07, 6.45) is 1.83. The summed E-state index contributed by atoms with van der Waals surface area (Å²) >= 11 is 12.7. The molecule has 1 N–H and O–H groups in total. The SMILES string of the molecule is COCc1cccc(-c2ccc(C#N)cc2)c1C(=O)NC1CCN(C(=O)C2CCN(C(C)=O)CC2)CC1c1ccc(Cl)c(Cl)c1. The van der Waals surface area contributed by atoms with Crippen LogP contribution >= 0.6 is 23.2 Å². The van der Waals surface area contributed by atoms with Gasteiger partial charge in [-0.05, 0) is 65.8 Å². The lowest BCUT2D eigenvalue weighted by molar-refractivity contribution is -0.141. The number of nitriles is 1. The molecule has 2 aliphatic rings. The predicted octanol–water partition coefficient (Wildman–Crippen LogP) is 6.05. The largest absolute Gasteiger partial charge is 0.380 e. The Hall–Kier alpha value is -3.90. The molecule has 2 unspecified atom stereocenters. The van der Waals surface area contributed by atoms with Gasteiger partial charge in [0.15, 0.2) is 0 Å². The molecule has 8 nitrogen and oxygen atoms in total. The molecule has 0 saturated carbocycles. The minimum Gasteiger partial charge on any atom is -0.380 e. The van der Waals surface area contributed by atoms with Gasteiger partial charge in [-0.2, -0.15) is 5.26 Å². The van der Waals surface area contributed by atoms with Crippen molar-refractivity contribution in [2.24, 2.45) is 5.92 Å². The minimum absolute atomic E-state index is 0.0338. The van der Waals surface area contributed by atoms with E-state index in [1.54, 1.807) is 37.1 Å². The molecule has 2 aliphatic heterocycles. The van der Waals surface area contributed by atoms with Gasteiger partial charge in [0.2, 0.25) is 11.8 Å². The highest BCUT2D eigenvalue weighted by Gasteiger charge is 2.37. The van der Waals surface area contributed by atoms with Crippen molar-refractivity contribution in [2.75, 3.05) is 33.3 Å². The van der Waals surface area contributed by atoms with Gasteiger partial charge < -0.3 is 19.9 Å². The molecule has 0 aromatic heterocycles. The molecule has 45 heavy (non-hydrogen) atoms. The van der Waals surface area contributed by atoms with Crippen molar-refractivity contribution in [1.29, 1.82) is 5.26 Å². The summed E-state index contributed by atoms with van der Waals surface area (Å²) < 4.78 is 5.45. The summed E-state index contributed by atoms with van der Waals surface area (Å²) in [6, 6.07) is 20.1. The average molecular weight is 648 g/mol. The average Bonchev–Trinajstić information content (AvgIpc) is 3.06. The van der Waals surface area contributed by atoms with Gasteiger partial charge in [0.1, 0.15) is 0 Å². The molecule has 3 aromatic carbocycles.